The van der Waals surface area contributed by atoms with Crippen molar-refractivity contribution < 1.29 is 14.7 Å². The first-order valence-corrected chi connectivity index (χ1v) is 9.05. The van der Waals surface area contributed by atoms with Gasteiger partial charge in [-0.1, -0.05) is 0 Å². The fourth-order valence-electron chi connectivity index (χ4n) is 2.58. The first kappa shape index (κ1) is 18.0. The zero-order valence-electron chi connectivity index (χ0n) is 14.7. The van der Waals surface area contributed by atoms with E-state index in [0.717, 1.165) is 11.0 Å². The number of carboxylic acid groups (broad SMARTS) is 1. The Morgan fingerprint density at radius 1 is 1.35 bits per heavy atom. The first-order chi connectivity index (χ1) is 12.4. The highest BCUT2D eigenvalue weighted by Gasteiger charge is 2.15. The van der Waals surface area contributed by atoms with Gasteiger partial charge in [0.15, 0.2) is 11.3 Å². The van der Waals surface area contributed by atoms with Crippen molar-refractivity contribution in [3.63, 3.8) is 0 Å². The van der Waals surface area contributed by atoms with Crippen molar-refractivity contribution >= 4 is 34.2 Å². The molecule has 0 saturated heterocycles. The minimum absolute atomic E-state index is 0.0315. The average molecular weight is 373 g/mol. The van der Waals surface area contributed by atoms with Gasteiger partial charge < -0.3 is 10.4 Å². The number of pyridine rings is 1. The van der Waals surface area contributed by atoms with E-state index in [1.807, 2.05) is 18.5 Å². The normalized spacial score (nSPS) is 11.2. The summed E-state index contributed by atoms with van der Waals surface area (Å²) in [5.41, 5.74) is 1.94. The molecule has 1 amide bonds. The summed E-state index contributed by atoms with van der Waals surface area (Å²) in [5, 5.41) is 19.0. The van der Waals surface area contributed by atoms with Crippen molar-refractivity contribution in [2.75, 3.05) is 6.54 Å². The van der Waals surface area contributed by atoms with Crippen molar-refractivity contribution in [2.24, 2.45) is 0 Å². The summed E-state index contributed by atoms with van der Waals surface area (Å²) in [6.07, 6.45) is 2.19. The number of aromatic nitrogens is 4. The fraction of sp³-hybridized carbons (Fsp3) is 0.353. The third kappa shape index (κ3) is 3.57. The van der Waals surface area contributed by atoms with E-state index in [0.29, 0.717) is 29.2 Å². The largest absolute Gasteiger partial charge is 0.476 e. The molecule has 9 heteroatoms. The van der Waals surface area contributed by atoms with E-state index in [1.165, 1.54) is 16.7 Å². The van der Waals surface area contributed by atoms with Crippen molar-refractivity contribution in [3.05, 3.63) is 39.6 Å². The summed E-state index contributed by atoms with van der Waals surface area (Å²) in [7, 11) is 0. The maximum absolute atomic E-state index is 12.5. The molecule has 3 aromatic heterocycles. The van der Waals surface area contributed by atoms with Crippen molar-refractivity contribution in [2.45, 2.75) is 33.2 Å². The number of nitrogens with one attached hydrogen (secondary N) is 1. The van der Waals surface area contributed by atoms with Crippen molar-refractivity contribution in [1.82, 2.24) is 25.1 Å². The maximum atomic E-state index is 12.5. The monoisotopic (exact) mass is 373 g/mol. The second-order valence-electron chi connectivity index (χ2n) is 6.15. The predicted octanol–water partition coefficient (Wildman–Crippen LogP) is 2.45. The average Bonchev–Trinajstić information content (AvgIpc) is 3.20. The lowest BCUT2D eigenvalue weighted by molar-refractivity contribution is 0.0690. The lowest BCUT2D eigenvalue weighted by atomic mass is 10.1. The van der Waals surface area contributed by atoms with Gasteiger partial charge in [-0.2, -0.15) is 5.10 Å². The van der Waals surface area contributed by atoms with Gasteiger partial charge in [0.25, 0.3) is 5.91 Å². The smallest absolute Gasteiger partial charge is 0.355 e. The number of amides is 1. The van der Waals surface area contributed by atoms with E-state index in [1.54, 1.807) is 19.2 Å². The Morgan fingerprint density at radius 2 is 2.12 bits per heavy atom. The van der Waals surface area contributed by atoms with Crippen LogP contribution in [0.5, 0.6) is 0 Å². The fourth-order valence-corrected chi connectivity index (χ4v) is 3.35. The zero-order valence-corrected chi connectivity index (χ0v) is 15.5. The lowest BCUT2D eigenvalue weighted by Crippen LogP contribution is -2.26. The summed E-state index contributed by atoms with van der Waals surface area (Å²) < 4.78 is 1.83. The van der Waals surface area contributed by atoms with Gasteiger partial charge in [0.2, 0.25) is 0 Å². The summed E-state index contributed by atoms with van der Waals surface area (Å²) in [4.78, 5) is 31.8. The summed E-state index contributed by atoms with van der Waals surface area (Å²) in [6, 6.07) is 1.98. The number of aromatic carboxylic acids is 1. The molecular weight excluding hydrogens is 354 g/mol. The van der Waals surface area contributed by atoms with Crippen LogP contribution in [0.2, 0.25) is 0 Å². The minimum Gasteiger partial charge on any atom is -0.476 e. The van der Waals surface area contributed by atoms with Crippen LogP contribution in [0.25, 0.3) is 11.0 Å². The van der Waals surface area contributed by atoms with Crippen LogP contribution in [0, 0.1) is 6.92 Å². The molecule has 0 atom stereocenters. The molecule has 0 bridgehead atoms. The van der Waals surface area contributed by atoms with Gasteiger partial charge in [-0.25, -0.2) is 19.4 Å². The second-order valence-corrected chi connectivity index (χ2v) is 7.10. The van der Waals surface area contributed by atoms with E-state index >= 15 is 0 Å². The Hall–Kier alpha value is -2.81. The molecule has 3 heterocycles. The number of carbonyl (C=O) groups excluding carboxylic acids is 1. The van der Waals surface area contributed by atoms with Crippen molar-refractivity contribution in [1.29, 1.82) is 0 Å². The van der Waals surface area contributed by atoms with Gasteiger partial charge in [-0.05, 0) is 26.8 Å². The number of hydrogen-bond acceptors (Lipinski definition) is 6. The third-order valence-corrected chi connectivity index (χ3v) is 4.80. The molecule has 0 aliphatic carbocycles. The Morgan fingerprint density at radius 3 is 2.77 bits per heavy atom. The summed E-state index contributed by atoms with van der Waals surface area (Å²) in [6.45, 7) is 6.22. The van der Waals surface area contributed by atoms with Crippen LogP contribution in [0.3, 0.4) is 0 Å². The molecule has 8 nitrogen and oxygen atoms in total. The molecule has 0 spiro atoms. The van der Waals surface area contributed by atoms with E-state index < -0.39 is 5.97 Å². The Kier molecular flexibility index (Phi) is 4.99. The van der Waals surface area contributed by atoms with Gasteiger partial charge in [0.05, 0.1) is 22.5 Å². The molecule has 26 heavy (non-hydrogen) atoms. The van der Waals surface area contributed by atoms with Gasteiger partial charge in [-0.3, -0.25) is 4.79 Å². The van der Waals surface area contributed by atoms with Crippen molar-refractivity contribution in [3.8, 4) is 0 Å². The molecule has 0 aliphatic heterocycles. The highest BCUT2D eigenvalue weighted by atomic mass is 32.1. The van der Waals surface area contributed by atoms with Crippen LogP contribution in [-0.2, 0) is 6.42 Å². The number of aryl methyl sites for hydroxylation is 1. The quantitative estimate of drug-likeness (QED) is 0.687. The van der Waals surface area contributed by atoms with Crippen LogP contribution >= 0.6 is 11.3 Å². The van der Waals surface area contributed by atoms with E-state index in [4.69, 9.17) is 5.11 Å². The molecule has 2 N–H and O–H groups in total. The van der Waals surface area contributed by atoms with Crippen LogP contribution in [0.1, 0.15) is 51.4 Å². The Balaban J connectivity index is 1.69. The molecule has 3 rings (SSSR count). The molecular formula is C17H19N5O3S. The molecule has 0 aliphatic rings. The second kappa shape index (κ2) is 7.20. The number of nitrogens with zero attached hydrogens (tertiary/aromatic N) is 4. The standard InChI is InChI=1S/C17H19N5O3S/c1-9(2)22-15-11(7-19-22)6-12(10(3)20-15)16(23)18-5-4-14-21-13(8-26-14)17(24)25/h6-9H,4-5H2,1-3H3,(H,18,23)(H,24,25). The number of hydrogen-bond donors (Lipinski definition) is 2. The highest BCUT2D eigenvalue weighted by Crippen LogP contribution is 2.19. The molecule has 3 aromatic rings. The number of carbonyl (C=O) groups is 2. The molecule has 0 saturated carbocycles. The first-order valence-electron chi connectivity index (χ1n) is 8.17. The molecule has 0 unspecified atom stereocenters. The molecule has 0 aromatic carbocycles. The summed E-state index contributed by atoms with van der Waals surface area (Å²) >= 11 is 1.27. The van der Waals surface area contributed by atoms with Gasteiger partial charge in [0, 0.05) is 29.8 Å². The van der Waals surface area contributed by atoms with Crippen LogP contribution in [-0.4, -0.2) is 43.3 Å². The van der Waals surface area contributed by atoms with E-state index in [9.17, 15) is 9.59 Å². The predicted molar refractivity (Wildman–Crippen MR) is 97.8 cm³/mol. The molecule has 0 fully saturated rings. The van der Waals surface area contributed by atoms with Gasteiger partial charge >= 0.3 is 5.97 Å². The van der Waals surface area contributed by atoms with Crippen LogP contribution in [0.15, 0.2) is 17.6 Å². The highest BCUT2D eigenvalue weighted by molar-refractivity contribution is 7.09. The maximum Gasteiger partial charge on any atom is 0.355 e. The van der Waals surface area contributed by atoms with Crippen LogP contribution < -0.4 is 5.32 Å². The SMILES string of the molecule is Cc1nc2c(cnn2C(C)C)cc1C(=O)NCCc1nc(C(=O)O)cs1. The summed E-state index contributed by atoms with van der Waals surface area (Å²) in [5.74, 6) is -1.27. The lowest BCUT2D eigenvalue weighted by Gasteiger charge is -2.09. The third-order valence-electron chi connectivity index (χ3n) is 3.89. The van der Waals surface area contributed by atoms with Gasteiger partial charge in [-0.15, -0.1) is 11.3 Å². The zero-order chi connectivity index (χ0) is 18.8. The van der Waals surface area contributed by atoms with Gasteiger partial charge in [0.1, 0.15) is 0 Å². The van der Waals surface area contributed by atoms with E-state index in [-0.39, 0.29) is 17.6 Å². The number of fused-ring (bicyclic) bond motifs is 1. The van der Waals surface area contributed by atoms with Crippen LogP contribution in [0.4, 0.5) is 0 Å². The number of carboxylic acids is 1. The van der Waals surface area contributed by atoms with E-state index in [2.05, 4.69) is 20.4 Å². The molecule has 0 radical (unpaired) electrons. The number of rotatable bonds is 6. The molecule has 136 valence electrons. The minimum atomic E-state index is -1.05. The topological polar surface area (TPSA) is 110 Å². The number of thiazole rings is 1. The Bertz CT molecular complexity index is 976. The Labute approximate surface area is 153 Å².